The van der Waals surface area contributed by atoms with E-state index in [0.717, 1.165) is 25.2 Å². The molecule has 3 N–H and O–H groups in total. The Balaban J connectivity index is 1.18. The number of benzene rings is 2. The summed E-state index contributed by atoms with van der Waals surface area (Å²) in [6.07, 6.45) is 1.46. The van der Waals surface area contributed by atoms with Crippen molar-refractivity contribution in [3.05, 3.63) is 77.2 Å². The average Bonchev–Trinajstić information content (AvgIpc) is 3.41. The van der Waals surface area contributed by atoms with Gasteiger partial charge in [0.2, 0.25) is 11.8 Å². The topological polar surface area (TPSA) is 118 Å². The molecular weight excluding hydrogens is 567 g/mol. The SMILES string of the molecule is O=C(Cc1ccccc1)NC(=S)Nc1ccc(Oc2ncnc3cc(C(=O)NCCN4CCOCC4)sc23)c(F)c1. The van der Waals surface area contributed by atoms with E-state index in [4.69, 9.17) is 21.7 Å². The van der Waals surface area contributed by atoms with Crippen molar-refractivity contribution in [1.29, 1.82) is 0 Å². The lowest BCUT2D eigenvalue weighted by molar-refractivity contribution is -0.119. The van der Waals surface area contributed by atoms with Crippen LogP contribution in [0.2, 0.25) is 0 Å². The van der Waals surface area contributed by atoms with Crippen LogP contribution in [0.1, 0.15) is 15.2 Å². The monoisotopic (exact) mass is 594 g/mol. The number of hydrogen-bond acceptors (Lipinski definition) is 9. The summed E-state index contributed by atoms with van der Waals surface area (Å²) in [4.78, 5) is 36.0. The molecule has 1 fully saturated rings. The molecule has 10 nitrogen and oxygen atoms in total. The number of anilines is 1. The Morgan fingerprint density at radius 3 is 2.68 bits per heavy atom. The van der Waals surface area contributed by atoms with Crippen molar-refractivity contribution >= 4 is 56.4 Å². The van der Waals surface area contributed by atoms with Crippen molar-refractivity contribution in [1.82, 2.24) is 25.5 Å². The van der Waals surface area contributed by atoms with Gasteiger partial charge in [0, 0.05) is 37.9 Å². The summed E-state index contributed by atoms with van der Waals surface area (Å²) in [6.45, 7) is 4.34. The molecule has 0 radical (unpaired) electrons. The molecule has 0 saturated carbocycles. The predicted octanol–water partition coefficient (Wildman–Crippen LogP) is 3.74. The fourth-order valence-corrected chi connectivity index (χ4v) is 5.32. The first-order valence-corrected chi connectivity index (χ1v) is 14.1. The van der Waals surface area contributed by atoms with Gasteiger partial charge in [-0.1, -0.05) is 30.3 Å². The lowest BCUT2D eigenvalue weighted by atomic mass is 10.1. The Bertz CT molecular complexity index is 1550. The van der Waals surface area contributed by atoms with Gasteiger partial charge in [0.05, 0.1) is 30.0 Å². The first-order chi connectivity index (χ1) is 19.9. The summed E-state index contributed by atoms with van der Waals surface area (Å²) in [5, 5.41) is 8.36. The van der Waals surface area contributed by atoms with E-state index in [1.54, 1.807) is 12.1 Å². The highest BCUT2D eigenvalue weighted by Crippen LogP contribution is 2.34. The molecular formula is C28H27FN6O4S2. The third kappa shape index (κ3) is 7.79. The number of carbonyl (C=O) groups excluding carboxylic acids is 2. The van der Waals surface area contributed by atoms with E-state index in [1.807, 2.05) is 30.3 Å². The van der Waals surface area contributed by atoms with Crippen LogP contribution in [0.5, 0.6) is 11.6 Å². The summed E-state index contributed by atoms with van der Waals surface area (Å²) >= 11 is 6.37. The Kier molecular flexibility index (Phi) is 9.41. The second kappa shape index (κ2) is 13.5. The number of thiocarbonyl (C=S) groups is 1. The predicted molar refractivity (Wildman–Crippen MR) is 158 cm³/mol. The van der Waals surface area contributed by atoms with Gasteiger partial charge in [-0.05, 0) is 36.0 Å². The van der Waals surface area contributed by atoms with Gasteiger partial charge in [-0.15, -0.1) is 11.3 Å². The molecule has 1 saturated heterocycles. The van der Waals surface area contributed by atoms with Crippen molar-refractivity contribution < 1.29 is 23.5 Å². The maximum absolute atomic E-state index is 15.0. The lowest BCUT2D eigenvalue weighted by Gasteiger charge is -2.26. The lowest BCUT2D eigenvalue weighted by Crippen LogP contribution is -2.41. The van der Waals surface area contributed by atoms with Crippen LogP contribution in [0.25, 0.3) is 10.2 Å². The van der Waals surface area contributed by atoms with Gasteiger partial charge in [0.25, 0.3) is 5.91 Å². The first kappa shape index (κ1) is 28.5. The van der Waals surface area contributed by atoms with Crippen LogP contribution < -0.4 is 20.7 Å². The smallest absolute Gasteiger partial charge is 0.261 e. The van der Waals surface area contributed by atoms with Crippen LogP contribution in [0.15, 0.2) is 60.9 Å². The summed E-state index contributed by atoms with van der Waals surface area (Å²) in [7, 11) is 0. The number of halogens is 1. The summed E-state index contributed by atoms with van der Waals surface area (Å²) in [6, 6.07) is 15.1. The van der Waals surface area contributed by atoms with Gasteiger partial charge in [-0.2, -0.15) is 0 Å². The normalized spacial score (nSPS) is 13.5. The second-order valence-corrected chi connectivity index (χ2v) is 10.6. The van der Waals surface area contributed by atoms with Gasteiger partial charge >= 0.3 is 0 Å². The van der Waals surface area contributed by atoms with Crippen LogP contribution in [0.4, 0.5) is 10.1 Å². The number of aromatic nitrogens is 2. The molecule has 2 aromatic carbocycles. The van der Waals surface area contributed by atoms with Crippen molar-refractivity contribution in [3.63, 3.8) is 0 Å². The highest BCUT2D eigenvalue weighted by molar-refractivity contribution is 7.80. The molecule has 3 heterocycles. The van der Waals surface area contributed by atoms with Gasteiger partial charge in [-0.25, -0.2) is 14.4 Å². The molecule has 41 heavy (non-hydrogen) atoms. The Hall–Kier alpha value is -4.04. The number of nitrogens with zero attached hydrogens (tertiary/aromatic N) is 3. The van der Waals surface area contributed by atoms with Gasteiger partial charge in [0.15, 0.2) is 16.7 Å². The van der Waals surface area contributed by atoms with E-state index in [9.17, 15) is 14.0 Å². The Morgan fingerprint density at radius 2 is 1.90 bits per heavy atom. The number of hydrogen-bond donors (Lipinski definition) is 3. The van der Waals surface area contributed by atoms with Crippen LogP contribution >= 0.6 is 23.6 Å². The molecule has 5 rings (SSSR count). The highest BCUT2D eigenvalue weighted by Gasteiger charge is 2.18. The number of amides is 2. The van der Waals surface area contributed by atoms with E-state index in [-0.39, 0.29) is 35.0 Å². The van der Waals surface area contributed by atoms with Crippen molar-refractivity contribution in [2.75, 3.05) is 44.7 Å². The minimum atomic E-state index is -0.669. The van der Waals surface area contributed by atoms with E-state index in [0.29, 0.717) is 40.5 Å². The zero-order chi connectivity index (χ0) is 28.6. The number of nitrogens with one attached hydrogen (secondary N) is 3. The van der Waals surface area contributed by atoms with Gasteiger partial charge < -0.3 is 25.4 Å². The standard InChI is InChI=1S/C28H27FN6O4S2/c29-20-15-19(33-28(40)34-24(36)14-18-4-2-1-3-5-18)6-7-22(20)39-27-25-21(31-17-32-27)16-23(41-25)26(37)30-8-9-35-10-12-38-13-11-35/h1-7,15-17H,8-14H2,(H,30,37)(H2,33,34,36,40). The summed E-state index contributed by atoms with van der Waals surface area (Å²) in [5.74, 6) is -1.11. The molecule has 0 bridgehead atoms. The van der Waals surface area contributed by atoms with Crippen LogP contribution in [0, 0.1) is 5.82 Å². The number of morpholine rings is 1. The van der Waals surface area contributed by atoms with E-state index >= 15 is 0 Å². The van der Waals surface area contributed by atoms with E-state index in [2.05, 4.69) is 30.8 Å². The maximum Gasteiger partial charge on any atom is 0.261 e. The zero-order valence-corrected chi connectivity index (χ0v) is 23.5. The quantitative estimate of drug-likeness (QED) is 0.249. The molecule has 0 aliphatic carbocycles. The Labute approximate surface area is 244 Å². The molecule has 13 heteroatoms. The summed E-state index contributed by atoms with van der Waals surface area (Å²) in [5.41, 5.74) is 1.70. The maximum atomic E-state index is 15.0. The number of fused-ring (bicyclic) bond motifs is 1. The third-order valence-electron chi connectivity index (χ3n) is 6.18. The minimum Gasteiger partial charge on any atom is -0.434 e. The molecule has 0 spiro atoms. The fourth-order valence-electron chi connectivity index (χ4n) is 4.14. The molecule has 1 aliphatic rings. The van der Waals surface area contributed by atoms with Gasteiger partial charge in [0.1, 0.15) is 11.0 Å². The molecule has 2 aromatic heterocycles. The average molecular weight is 595 g/mol. The van der Waals surface area contributed by atoms with E-state index in [1.165, 1.54) is 29.8 Å². The molecule has 4 aromatic rings. The third-order valence-corrected chi connectivity index (χ3v) is 7.49. The number of thiophene rings is 1. The highest BCUT2D eigenvalue weighted by atomic mass is 32.1. The molecule has 2 amide bonds. The first-order valence-electron chi connectivity index (χ1n) is 12.9. The number of carbonyl (C=O) groups is 2. The zero-order valence-electron chi connectivity index (χ0n) is 21.9. The van der Waals surface area contributed by atoms with Crippen molar-refractivity contribution in [2.24, 2.45) is 0 Å². The fraction of sp³-hybridized carbons (Fsp3) is 0.250. The Morgan fingerprint density at radius 1 is 1.10 bits per heavy atom. The molecule has 212 valence electrons. The van der Waals surface area contributed by atoms with Crippen LogP contribution in [-0.2, 0) is 16.0 Å². The molecule has 0 unspecified atom stereocenters. The van der Waals surface area contributed by atoms with Crippen LogP contribution in [-0.4, -0.2) is 71.2 Å². The summed E-state index contributed by atoms with van der Waals surface area (Å²) < 4.78 is 26.6. The minimum absolute atomic E-state index is 0.0471. The van der Waals surface area contributed by atoms with Crippen LogP contribution in [0.3, 0.4) is 0 Å². The second-order valence-electron chi connectivity index (χ2n) is 9.13. The number of ether oxygens (including phenoxy) is 2. The van der Waals surface area contributed by atoms with Crippen molar-refractivity contribution in [2.45, 2.75) is 6.42 Å². The molecule has 1 aliphatic heterocycles. The van der Waals surface area contributed by atoms with Crippen molar-refractivity contribution in [3.8, 4) is 11.6 Å². The van der Waals surface area contributed by atoms with Gasteiger partial charge in [-0.3, -0.25) is 14.5 Å². The van der Waals surface area contributed by atoms with E-state index < -0.39 is 5.82 Å². The number of rotatable bonds is 9. The molecule has 0 atom stereocenters. The largest absolute Gasteiger partial charge is 0.434 e.